The highest BCUT2D eigenvalue weighted by Crippen LogP contribution is 2.19. The molecule has 0 saturated heterocycles. The van der Waals surface area contributed by atoms with Crippen LogP contribution in [0.3, 0.4) is 0 Å². The fourth-order valence-corrected chi connectivity index (χ4v) is 4.22. The largest absolute Gasteiger partial charge is 0.478 e. The fraction of sp³-hybridized carbons (Fsp3) is 0.0556. The lowest BCUT2D eigenvalue weighted by Crippen LogP contribution is -2.13. The van der Waals surface area contributed by atoms with E-state index in [1.54, 1.807) is 17.5 Å². The van der Waals surface area contributed by atoms with Gasteiger partial charge in [-0.05, 0) is 23.8 Å². The summed E-state index contributed by atoms with van der Waals surface area (Å²) >= 11 is 1.16. The monoisotopic (exact) mass is 402 g/mol. The molecule has 1 heterocycles. The van der Waals surface area contributed by atoms with Crippen molar-refractivity contribution in [3.63, 3.8) is 0 Å². The second kappa shape index (κ2) is 7.68. The fourth-order valence-electron chi connectivity index (χ4n) is 2.43. The minimum Gasteiger partial charge on any atom is -0.478 e. The van der Waals surface area contributed by atoms with Crippen LogP contribution in [0.15, 0.2) is 65.0 Å². The van der Waals surface area contributed by atoms with Crippen LogP contribution in [0, 0.1) is 0 Å². The van der Waals surface area contributed by atoms with Crippen molar-refractivity contribution in [3.8, 4) is 0 Å². The summed E-state index contributed by atoms with van der Waals surface area (Å²) in [4.78, 5) is 27.6. The number of rotatable bonds is 7. The average molecular weight is 402 g/mol. The van der Waals surface area contributed by atoms with E-state index in [1.165, 1.54) is 42.6 Å². The van der Waals surface area contributed by atoms with Gasteiger partial charge in [-0.15, -0.1) is 11.3 Å². The maximum Gasteiger partial charge on any atom is 0.336 e. The van der Waals surface area contributed by atoms with Crippen LogP contribution in [-0.4, -0.2) is 30.3 Å². The van der Waals surface area contributed by atoms with Crippen LogP contribution in [0.5, 0.6) is 0 Å². The minimum atomic E-state index is -3.76. The Bertz CT molecular complexity index is 1080. The smallest absolute Gasteiger partial charge is 0.336 e. The first kappa shape index (κ1) is 18.7. The van der Waals surface area contributed by atoms with Crippen LogP contribution >= 0.6 is 11.3 Å². The number of ketones is 1. The lowest BCUT2D eigenvalue weighted by atomic mass is 9.98. The molecule has 0 amide bonds. The zero-order valence-electron chi connectivity index (χ0n) is 13.8. The molecular weight excluding hydrogens is 388 g/mol. The second-order valence-electron chi connectivity index (χ2n) is 5.54. The number of nitrogens with zero attached hydrogens (tertiary/aromatic N) is 1. The standard InChI is InChI=1S/C18H14N2O5S2/c21-16(14-3-1-2-4-15(14)17(22)23)11-12-5-7-13(8-6-12)27(24,25)20-18-19-9-10-26-18/h1-10H,11H2,(H,19,20)(H,22,23). The summed E-state index contributed by atoms with van der Waals surface area (Å²) in [5, 5.41) is 11.1. The van der Waals surface area contributed by atoms with Gasteiger partial charge in [-0.1, -0.05) is 30.3 Å². The van der Waals surface area contributed by atoms with E-state index in [-0.39, 0.29) is 33.4 Å². The van der Waals surface area contributed by atoms with Crippen LogP contribution in [0.2, 0.25) is 0 Å². The van der Waals surface area contributed by atoms with Gasteiger partial charge < -0.3 is 5.11 Å². The molecule has 0 fully saturated rings. The third kappa shape index (κ3) is 4.39. The number of anilines is 1. The van der Waals surface area contributed by atoms with Crippen molar-refractivity contribution in [3.05, 3.63) is 76.8 Å². The maximum atomic E-state index is 12.4. The molecule has 0 saturated carbocycles. The van der Waals surface area contributed by atoms with E-state index in [1.807, 2.05) is 0 Å². The molecule has 1 aromatic heterocycles. The Hall–Kier alpha value is -3.04. The van der Waals surface area contributed by atoms with E-state index in [9.17, 15) is 23.1 Å². The summed E-state index contributed by atoms with van der Waals surface area (Å²) in [7, 11) is -3.76. The van der Waals surface area contributed by atoms with Gasteiger partial charge in [-0.25, -0.2) is 18.2 Å². The van der Waals surface area contributed by atoms with Crippen molar-refractivity contribution < 1.29 is 23.1 Å². The molecule has 3 rings (SSSR count). The van der Waals surface area contributed by atoms with Crippen molar-refractivity contribution in [2.24, 2.45) is 0 Å². The molecule has 0 aliphatic carbocycles. The molecule has 7 nitrogen and oxygen atoms in total. The van der Waals surface area contributed by atoms with Gasteiger partial charge in [0, 0.05) is 23.6 Å². The third-order valence-electron chi connectivity index (χ3n) is 3.71. The van der Waals surface area contributed by atoms with Crippen molar-refractivity contribution >= 4 is 38.2 Å². The Balaban J connectivity index is 1.76. The van der Waals surface area contributed by atoms with Gasteiger partial charge in [0.15, 0.2) is 10.9 Å². The molecule has 0 radical (unpaired) electrons. The van der Waals surface area contributed by atoms with E-state index >= 15 is 0 Å². The van der Waals surface area contributed by atoms with Crippen molar-refractivity contribution in [1.82, 2.24) is 4.98 Å². The minimum absolute atomic E-state index is 0.0372. The molecule has 2 N–H and O–H groups in total. The summed E-state index contributed by atoms with van der Waals surface area (Å²) in [6.45, 7) is 0. The number of carbonyl (C=O) groups excluding carboxylic acids is 1. The van der Waals surface area contributed by atoms with Gasteiger partial charge in [-0.2, -0.15) is 0 Å². The second-order valence-corrected chi connectivity index (χ2v) is 8.11. The molecule has 0 aliphatic rings. The number of nitrogens with one attached hydrogen (secondary N) is 1. The van der Waals surface area contributed by atoms with E-state index in [0.717, 1.165) is 11.3 Å². The number of hydrogen-bond donors (Lipinski definition) is 2. The number of carboxylic acids is 1. The first-order valence-corrected chi connectivity index (χ1v) is 10.1. The topological polar surface area (TPSA) is 113 Å². The Kier molecular flexibility index (Phi) is 5.33. The molecule has 138 valence electrons. The van der Waals surface area contributed by atoms with Gasteiger partial charge in [0.25, 0.3) is 10.0 Å². The number of aromatic carboxylic acids is 1. The van der Waals surface area contributed by atoms with E-state index < -0.39 is 16.0 Å². The molecule has 9 heteroatoms. The van der Waals surface area contributed by atoms with Crippen LogP contribution in [0.4, 0.5) is 5.13 Å². The SMILES string of the molecule is O=C(O)c1ccccc1C(=O)Cc1ccc(S(=O)(=O)Nc2nccs2)cc1. The summed E-state index contributed by atoms with van der Waals surface area (Å²) in [5.41, 5.74) is 0.634. The molecule has 0 unspecified atom stereocenters. The molecule has 2 aromatic carbocycles. The molecule has 0 atom stereocenters. The number of sulfonamides is 1. The summed E-state index contributed by atoms with van der Waals surface area (Å²) in [5.74, 6) is -1.53. The van der Waals surface area contributed by atoms with E-state index in [0.29, 0.717) is 5.56 Å². The Labute approximate surface area is 159 Å². The quantitative estimate of drug-likeness (QED) is 0.587. The predicted molar refractivity (Wildman–Crippen MR) is 101 cm³/mol. The van der Waals surface area contributed by atoms with Crippen LogP contribution in [0.25, 0.3) is 0 Å². The number of carbonyl (C=O) groups is 2. The summed E-state index contributed by atoms with van der Waals surface area (Å²) in [6, 6.07) is 11.8. The Morgan fingerprint density at radius 1 is 1.04 bits per heavy atom. The zero-order valence-corrected chi connectivity index (χ0v) is 15.5. The summed E-state index contributed by atoms with van der Waals surface area (Å²) < 4.78 is 27.0. The average Bonchev–Trinajstić information content (AvgIpc) is 3.14. The zero-order chi connectivity index (χ0) is 19.4. The van der Waals surface area contributed by atoms with Gasteiger partial charge in [0.1, 0.15) is 0 Å². The normalized spacial score (nSPS) is 11.1. The van der Waals surface area contributed by atoms with Crippen LogP contribution in [0.1, 0.15) is 26.3 Å². The highest BCUT2D eigenvalue weighted by atomic mass is 32.2. The van der Waals surface area contributed by atoms with Gasteiger partial charge in [-0.3, -0.25) is 9.52 Å². The van der Waals surface area contributed by atoms with Crippen LogP contribution in [-0.2, 0) is 16.4 Å². The highest BCUT2D eigenvalue weighted by molar-refractivity contribution is 7.93. The van der Waals surface area contributed by atoms with Gasteiger partial charge >= 0.3 is 5.97 Å². The number of hydrogen-bond acceptors (Lipinski definition) is 6. The number of aromatic nitrogens is 1. The molecule has 27 heavy (non-hydrogen) atoms. The van der Waals surface area contributed by atoms with E-state index in [2.05, 4.69) is 9.71 Å². The lowest BCUT2D eigenvalue weighted by Gasteiger charge is -2.07. The number of Topliss-reactive ketones (excluding diaryl/α,β-unsaturated/α-hetero) is 1. The molecule has 0 aliphatic heterocycles. The Morgan fingerprint density at radius 2 is 1.70 bits per heavy atom. The van der Waals surface area contributed by atoms with Gasteiger partial charge in [0.2, 0.25) is 0 Å². The number of benzene rings is 2. The highest BCUT2D eigenvalue weighted by Gasteiger charge is 2.18. The van der Waals surface area contributed by atoms with Crippen molar-refractivity contribution in [1.29, 1.82) is 0 Å². The molecule has 3 aromatic rings. The van der Waals surface area contributed by atoms with Crippen LogP contribution < -0.4 is 4.72 Å². The first-order valence-electron chi connectivity index (χ1n) is 7.73. The lowest BCUT2D eigenvalue weighted by molar-refractivity contribution is 0.0692. The Morgan fingerprint density at radius 3 is 2.30 bits per heavy atom. The molecule has 0 spiro atoms. The van der Waals surface area contributed by atoms with Crippen molar-refractivity contribution in [2.45, 2.75) is 11.3 Å². The summed E-state index contributed by atoms with van der Waals surface area (Å²) in [6.07, 6.45) is 1.46. The first-order chi connectivity index (χ1) is 12.9. The molecular formula is C18H14N2O5S2. The predicted octanol–water partition coefficient (Wildman–Crippen LogP) is 3.07. The number of carboxylic acid groups (broad SMARTS) is 1. The maximum absolute atomic E-state index is 12.4. The van der Waals surface area contributed by atoms with Crippen molar-refractivity contribution in [2.75, 3.05) is 4.72 Å². The number of thiazole rings is 1. The molecule has 0 bridgehead atoms. The van der Waals surface area contributed by atoms with E-state index in [4.69, 9.17) is 0 Å². The third-order valence-corrected chi connectivity index (χ3v) is 5.88. The van der Waals surface area contributed by atoms with Gasteiger partial charge in [0.05, 0.1) is 10.5 Å².